The second kappa shape index (κ2) is 6.93. The minimum absolute atomic E-state index is 0.306. The smallest absolute Gasteiger partial charge is 0.167 e. The fraction of sp³-hybridized carbons (Fsp3) is 0.833. The third-order valence-corrected chi connectivity index (χ3v) is 5.14. The highest BCUT2D eigenvalue weighted by Gasteiger charge is 2.31. The van der Waals surface area contributed by atoms with Gasteiger partial charge in [0.15, 0.2) is 11.1 Å². The fourth-order valence-electron chi connectivity index (χ4n) is 2.52. The summed E-state index contributed by atoms with van der Waals surface area (Å²) >= 11 is 0.241. The van der Waals surface area contributed by atoms with Crippen LogP contribution in [0.2, 0.25) is 0 Å². The van der Waals surface area contributed by atoms with E-state index in [1.165, 1.54) is 19.3 Å². The van der Waals surface area contributed by atoms with Gasteiger partial charge in [-0.05, 0) is 11.8 Å². The number of nitrogens with zero attached hydrogens (tertiary/aromatic N) is 2. The summed E-state index contributed by atoms with van der Waals surface area (Å²) in [6.45, 7) is 5.24. The van der Waals surface area contributed by atoms with Gasteiger partial charge < -0.3 is 9.45 Å². The van der Waals surface area contributed by atoms with E-state index in [-0.39, 0.29) is 0 Å². The molecular formula is C12H22N2O2S2. The van der Waals surface area contributed by atoms with E-state index in [4.69, 9.17) is 4.55 Å². The van der Waals surface area contributed by atoms with Gasteiger partial charge in [0.2, 0.25) is 0 Å². The summed E-state index contributed by atoms with van der Waals surface area (Å²) in [4.78, 5) is 4.49. The molecule has 18 heavy (non-hydrogen) atoms. The summed E-state index contributed by atoms with van der Waals surface area (Å²) in [5.41, 5.74) is 0. The van der Waals surface area contributed by atoms with Gasteiger partial charge in [-0.1, -0.05) is 19.8 Å². The van der Waals surface area contributed by atoms with Crippen molar-refractivity contribution in [3.63, 3.8) is 0 Å². The van der Waals surface area contributed by atoms with Crippen molar-refractivity contribution < 1.29 is 8.76 Å². The molecule has 0 aliphatic carbocycles. The number of hydrogen-bond acceptors (Lipinski definition) is 4. The van der Waals surface area contributed by atoms with Crippen LogP contribution in [0.4, 0.5) is 0 Å². The van der Waals surface area contributed by atoms with Gasteiger partial charge in [-0.2, -0.15) is 0 Å². The quantitative estimate of drug-likeness (QED) is 0.728. The molecule has 0 aromatic heterocycles. The first-order valence-electron chi connectivity index (χ1n) is 6.56. The van der Waals surface area contributed by atoms with Crippen molar-refractivity contribution in [3.05, 3.63) is 11.6 Å². The van der Waals surface area contributed by atoms with Gasteiger partial charge in [-0.25, -0.2) is 4.21 Å². The minimum Gasteiger partial charge on any atom is -0.364 e. The van der Waals surface area contributed by atoms with Crippen LogP contribution in [0.1, 0.15) is 26.2 Å². The molecule has 0 spiro atoms. The maximum absolute atomic E-state index is 10.7. The van der Waals surface area contributed by atoms with Crippen molar-refractivity contribution in [2.24, 2.45) is 5.92 Å². The van der Waals surface area contributed by atoms with Gasteiger partial charge in [0, 0.05) is 31.8 Å². The lowest BCUT2D eigenvalue weighted by atomic mass is 10.0. The molecule has 4 nitrogen and oxygen atoms in total. The first kappa shape index (κ1) is 14.4. The summed E-state index contributed by atoms with van der Waals surface area (Å²) in [6, 6.07) is 0. The van der Waals surface area contributed by atoms with Crippen molar-refractivity contribution >= 4 is 22.8 Å². The Labute approximate surface area is 116 Å². The van der Waals surface area contributed by atoms with Crippen LogP contribution in [0, 0.1) is 5.92 Å². The number of unbranched alkanes of at least 4 members (excludes halogenated alkanes) is 1. The van der Waals surface area contributed by atoms with Crippen LogP contribution in [0.3, 0.4) is 0 Å². The largest absolute Gasteiger partial charge is 0.364 e. The Morgan fingerprint density at radius 3 is 2.94 bits per heavy atom. The lowest BCUT2D eigenvalue weighted by Gasteiger charge is -2.41. The molecule has 6 heteroatoms. The predicted molar refractivity (Wildman–Crippen MR) is 77.5 cm³/mol. The van der Waals surface area contributed by atoms with Crippen LogP contribution in [0.5, 0.6) is 0 Å². The summed E-state index contributed by atoms with van der Waals surface area (Å²) < 4.78 is 19.5. The highest BCUT2D eigenvalue weighted by Crippen LogP contribution is 2.31. The van der Waals surface area contributed by atoms with Gasteiger partial charge in [0.05, 0.1) is 5.37 Å². The molecule has 2 heterocycles. The molecule has 1 fully saturated rings. The highest BCUT2D eigenvalue weighted by molar-refractivity contribution is 8.02. The first-order valence-corrected chi connectivity index (χ1v) is 8.78. The van der Waals surface area contributed by atoms with Crippen LogP contribution in [0.25, 0.3) is 0 Å². The van der Waals surface area contributed by atoms with E-state index in [1.807, 2.05) is 11.8 Å². The fourth-order valence-corrected chi connectivity index (χ4v) is 4.07. The van der Waals surface area contributed by atoms with Crippen LogP contribution in [-0.2, 0) is 11.1 Å². The van der Waals surface area contributed by atoms with Crippen LogP contribution in [-0.4, -0.2) is 49.4 Å². The normalized spacial score (nSPS) is 26.6. The Morgan fingerprint density at radius 2 is 2.28 bits per heavy atom. The van der Waals surface area contributed by atoms with E-state index >= 15 is 0 Å². The second-order valence-corrected chi connectivity index (χ2v) is 7.06. The van der Waals surface area contributed by atoms with E-state index in [0.29, 0.717) is 17.2 Å². The molecule has 2 atom stereocenters. The molecule has 2 rings (SSSR count). The average molecular weight is 290 g/mol. The molecule has 0 bridgehead atoms. The molecule has 2 unspecified atom stereocenters. The minimum atomic E-state index is -1.68. The van der Waals surface area contributed by atoms with E-state index in [2.05, 4.69) is 28.3 Å². The van der Waals surface area contributed by atoms with Crippen molar-refractivity contribution in [2.45, 2.75) is 31.6 Å². The molecule has 0 aromatic carbocycles. The summed E-state index contributed by atoms with van der Waals surface area (Å²) in [7, 11) is 0. The monoisotopic (exact) mass is 290 g/mol. The molecule has 0 amide bonds. The van der Waals surface area contributed by atoms with Crippen molar-refractivity contribution in [2.75, 3.05) is 25.5 Å². The molecule has 0 radical (unpaired) electrons. The number of likely N-dealkylation sites (tertiary alicyclic amines) is 1. The van der Waals surface area contributed by atoms with Crippen LogP contribution in [0.15, 0.2) is 11.6 Å². The summed E-state index contributed by atoms with van der Waals surface area (Å²) in [6.07, 6.45) is 6.00. The van der Waals surface area contributed by atoms with Crippen LogP contribution >= 0.6 is 11.8 Å². The average Bonchev–Trinajstić information content (AvgIpc) is 2.70. The van der Waals surface area contributed by atoms with Gasteiger partial charge in [0.25, 0.3) is 0 Å². The Morgan fingerprint density at radius 1 is 1.50 bits per heavy atom. The lowest BCUT2D eigenvalue weighted by Crippen LogP contribution is -2.52. The molecule has 2 aliphatic rings. The topological polar surface area (TPSA) is 43.8 Å². The zero-order chi connectivity index (χ0) is 13.0. The van der Waals surface area contributed by atoms with Crippen LogP contribution < -0.4 is 0 Å². The Balaban J connectivity index is 1.67. The Kier molecular flexibility index (Phi) is 5.54. The molecular weight excluding hydrogens is 268 g/mol. The first-order chi connectivity index (χ1) is 8.69. The number of hydrogen-bond donors (Lipinski definition) is 1. The predicted octanol–water partition coefficient (Wildman–Crippen LogP) is 2.13. The maximum Gasteiger partial charge on any atom is 0.167 e. The second-order valence-electron chi connectivity index (χ2n) is 5.07. The third kappa shape index (κ3) is 3.98. The molecule has 1 N–H and O–H groups in total. The van der Waals surface area contributed by atoms with Gasteiger partial charge in [-0.3, -0.25) is 4.90 Å². The van der Waals surface area contributed by atoms with Crippen molar-refractivity contribution in [1.29, 1.82) is 0 Å². The van der Waals surface area contributed by atoms with Crippen molar-refractivity contribution in [3.8, 4) is 0 Å². The van der Waals surface area contributed by atoms with Crippen molar-refractivity contribution in [1.82, 2.24) is 9.80 Å². The molecule has 0 aromatic rings. The number of rotatable bonds is 7. The molecule has 2 aliphatic heterocycles. The SMILES string of the molecule is CCCCC1SC=CN1CC1CN(CS(=O)O)C1. The Bertz CT molecular complexity index is 319. The summed E-state index contributed by atoms with van der Waals surface area (Å²) in [5, 5.41) is 2.81. The van der Waals surface area contributed by atoms with E-state index in [9.17, 15) is 4.21 Å². The lowest BCUT2D eigenvalue weighted by molar-refractivity contribution is 0.0946. The van der Waals surface area contributed by atoms with E-state index in [1.54, 1.807) is 0 Å². The maximum atomic E-state index is 10.7. The highest BCUT2D eigenvalue weighted by atomic mass is 32.2. The molecule has 0 saturated carbocycles. The molecule has 1 saturated heterocycles. The zero-order valence-electron chi connectivity index (χ0n) is 10.8. The molecule has 104 valence electrons. The van der Waals surface area contributed by atoms with Gasteiger partial charge >= 0.3 is 0 Å². The standard InChI is InChI=1S/C12H22N2O2S2/c1-2-3-4-12-14(5-6-17-12)9-11-7-13(8-11)10-18(15)16/h5-6,11-12H,2-4,7-10H2,1H3,(H,15,16). The van der Waals surface area contributed by atoms with Gasteiger partial charge in [0.1, 0.15) is 5.88 Å². The Hall–Kier alpha value is -0.0400. The summed E-state index contributed by atoms with van der Waals surface area (Å²) in [5.74, 6) is 0.960. The zero-order valence-corrected chi connectivity index (χ0v) is 12.5. The number of thioether (sulfide) groups is 1. The third-order valence-electron chi connectivity index (χ3n) is 3.46. The van der Waals surface area contributed by atoms with E-state index in [0.717, 1.165) is 19.6 Å². The van der Waals surface area contributed by atoms with E-state index < -0.39 is 11.1 Å². The van der Waals surface area contributed by atoms with Gasteiger partial charge in [-0.15, -0.1) is 11.8 Å².